The lowest BCUT2D eigenvalue weighted by Crippen LogP contribution is -2.32. The van der Waals surface area contributed by atoms with Gasteiger partial charge in [0.15, 0.2) is 0 Å². The maximum absolute atomic E-state index is 10.5. The second-order valence-electron chi connectivity index (χ2n) is 4.90. The molecule has 0 spiro atoms. The Morgan fingerprint density at radius 2 is 2.17 bits per heavy atom. The van der Waals surface area contributed by atoms with Crippen LogP contribution in [0.15, 0.2) is 11.4 Å². The van der Waals surface area contributed by atoms with E-state index < -0.39 is 6.10 Å². The first-order valence-corrected chi connectivity index (χ1v) is 8.02. The van der Waals surface area contributed by atoms with Crippen molar-refractivity contribution in [2.75, 3.05) is 6.61 Å². The molecule has 2 atom stereocenters. The fraction of sp³-hybridized carbons (Fsp3) is 0.714. The predicted molar refractivity (Wildman–Crippen MR) is 76.3 cm³/mol. The lowest BCUT2D eigenvalue weighted by atomic mass is 9.83. The van der Waals surface area contributed by atoms with Gasteiger partial charge < -0.3 is 9.84 Å². The molecule has 2 nitrogen and oxygen atoms in total. The molecular formula is C14H21ClO2S. The van der Waals surface area contributed by atoms with Gasteiger partial charge in [-0.2, -0.15) is 0 Å². The van der Waals surface area contributed by atoms with Gasteiger partial charge in [-0.25, -0.2) is 0 Å². The van der Waals surface area contributed by atoms with E-state index >= 15 is 0 Å². The Morgan fingerprint density at radius 1 is 1.44 bits per heavy atom. The first-order valence-electron chi connectivity index (χ1n) is 6.76. The maximum atomic E-state index is 10.5. The van der Waals surface area contributed by atoms with Crippen LogP contribution in [-0.4, -0.2) is 17.8 Å². The van der Waals surface area contributed by atoms with Gasteiger partial charge in [-0.1, -0.05) is 30.9 Å². The van der Waals surface area contributed by atoms with Crippen molar-refractivity contribution in [1.29, 1.82) is 0 Å². The van der Waals surface area contributed by atoms with Crippen LogP contribution < -0.4 is 0 Å². The molecule has 1 aromatic rings. The Morgan fingerprint density at radius 3 is 2.72 bits per heavy atom. The summed E-state index contributed by atoms with van der Waals surface area (Å²) in [5, 5.41) is 13.1. The highest BCUT2D eigenvalue weighted by Crippen LogP contribution is 2.38. The van der Waals surface area contributed by atoms with Crippen molar-refractivity contribution in [1.82, 2.24) is 0 Å². The van der Waals surface area contributed by atoms with Crippen molar-refractivity contribution < 1.29 is 9.84 Å². The molecule has 1 aliphatic rings. The van der Waals surface area contributed by atoms with E-state index in [1.54, 1.807) is 0 Å². The maximum Gasteiger partial charge on any atom is 0.116 e. The minimum Gasteiger partial charge on any atom is -0.385 e. The summed E-state index contributed by atoms with van der Waals surface area (Å²) in [5.41, 5.74) is 0. The Hall–Kier alpha value is -0.0900. The molecule has 0 amide bonds. The Bertz CT molecular complexity index is 360. The van der Waals surface area contributed by atoms with Gasteiger partial charge >= 0.3 is 0 Å². The molecule has 4 heteroatoms. The summed E-state index contributed by atoms with van der Waals surface area (Å²) in [5.74, 6) is 0.465. The van der Waals surface area contributed by atoms with Crippen molar-refractivity contribution in [3.8, 4) is 0 Å². The zero-order valence-corrected chi connectivity index (χ0v) is 12.3. The molecule has 0 saturated heterocycles. The van der Waals surface area contributed by atoms with Crippen molar-refractivity contribution in [3.63, 3.8) is 0 Å². The lowest BCUT2D eigenvalue weighted by molar-refractivity contribution is -0.0726. The first kappa shape index (κ1) is 14.3. The topological polar surface area (TPSA) is 29.5 Å². The zero-order chi connectivity index (χ0) is 13.0. The minimum absolute atomic E-state index is 0.105. The number of aliphatic hydroxyl groups is 1. The predicted octanol–water partition coefficient (Wildman–Crippen LogP) is 4.42. The largest absolute Gasteiger partial charge is 0.385 e. The van der Waals surface area contributed by atoms with Crippen LogP contribution >= 0.6 is 22.9 Å². The highest BCUT2D eigenvalue weighted by molar-refractivity contribution is 7.10. The Kier molecular flexibility index (Phi) is 5.49. The van der Waals surface area contributed by atoms with Crippen LogP contribution in [0.3, 0.4) is 0 Å². The summed E-state index contributed by atoms with van der Waals surface area (Å²) in [7, 11) is 0. The number of thiophene rings is 1. The summed E-state index contributed by atoms with van der Waals surface area (Å²) >= 11 is 7.63. The van der Waals surface area contributed by atoms with Gasteiger partial charge in [0.05, 0.1) is 16.0 Å². The summed E-state index contributed by atoms with van der Waals surface area (Å²) in [4.78, 5) is 0.848. The van der Waals surface area contributed by atoms with E-state index in [-0.39, 0.29) is 6.10 Å². The molecular weight excluding hydrogens is 268 g/mol. The minimum atomic E-state index is -0.583. The van der Waals surface area contributed by atoms with Crippen molar-refractivity contribution in [2.45, 2.75) is 51.2 Å². The molecule has 18 heavy (non-hydrogen) atoms. The Balaban J connectivity index is 2.10. The third-order valence-electron chi connectivity index (χ3n) is 3.70. The highest BCUT2D eigenvalue weighted by Gasteiger charge is 2.32. The molecule has 2 rings (SSSR count). The number of rotatable bonds is 5. The zero-order valence-electron chi connectivity index (χ0n) is 10.8. The molecule has 1 heterocycles. The van der Waals surface area contributed by atoms with E-state index in [9.17, 15) is 5.11 Å². The number of ether oxygens (including phenoxy) is 1. The van der Waals surface area contributed by atoms with E-state index in [1.807, 2.05) is 18.4 Å². The number of aliphatic hydroxyl groups excluding tert-OH is 1. The number of hydrogen-bond donors (Lipinski definition) is 1. The summed E-state index contributed by atoms with van der Waals surface area (Å²) in [6.07, 6.45) is 5.44. The van der Waals surface area contributed by atoms with Crippen LogP contribution in [-0.2, 0) is 4.74 Å². The van der Waals surface area contributed by atoms with Crippen molar-refractivity contribution in [3.05, 3.63) is 21.3 Å². The van der Waals surface area contributed by atoms with Crippen LogP contribution in [0.4, 0.5) is 0 Å². The normalized spacial score (nSPS) is 20.8. The van der Waals surface area contributed by atoms with Crippen LogP contribution in [0.1, 0.15) is 50.0 Å². The molecule has 1 saturated carbocycles. The van der Waals surface area contributed by atoms with Gasteiger partial charge in [0, 0.05) is 6.61 Å². The van der Waals surface area contributed by atoms with E-state index in [4.69, 9.17) is 16.3 Å². The lowest BCUT2D eigenvalue weighted by Gasteiger charge is -2.33. The molecule has 0 radical (unpaired) electrons. The smallest absolute Gasteiger partial charge is 0.116 e. The molecule has 1 aromatic heterocycles. The van der Waals surface area contributed by atoms with Crippen LogP contribution in [0, 0.1) is 5.92 Å². The van der Waals surface area contributed by atoms with Crippen LogP contribution in [0.25, 0.3) is 0 Å². The van der Waals surface area contributed by atoms with E-state index in [1.165, 1.54) is 30.6 Å². The molecule has 1 aliphatic carbocycles. The van der Waals surface area contributed by atoms with Crippen molar-refractivity contribution in [2.24, 2.45) is 5.92 Å². The quantitative estimate of drug-likeness (QED) is 0.869. The number of hydrogen-bond acceptors (Lipinski definition) is 3. The SMILES string of the molecule is CCOC(C1CCCCC1)C(O)c1sccc1Cl. The monoisotopic (exact) mass is 288 g/mol. The molecule has 1 N–H and O–H groups in total. The van der Waals surface area contributed by atoms with E-state index in [0.717, 1.165) is 17.7 Å². The average molecular weight is 289 g/mol. The van der Waals surface area contributed by atoms with Crippen molar-refractivity contribution >= 4 is 22.9 Å². The van der Waals surface area contributed by atoms with E-state index in [0.29, 0.717) is 17.5 Å². The fourth-order valence-corrected chi connectivity index (χ4v) is 3.99. The highest BCUT2D eigenvalue weighted by atomic mass is 35.5. The second kappa shape index (κ2) is 6.90. The van der Waals surface area contributed by atoms with Gasteiger partial charge in [-0.3, -0.25) is 0 Å². The Labute approximate surface area is 118 Å². The summed E-state index contributed by atoms with van der Waals surface area (Å²) < 4.78 is 5.82. The third-order valence-corrected chi connectivity index (χ3v) is 5.13. The van der Waals surface area contributed by atoms with Gasteiger partial charge in [0.1, 0.15) is 6.10 Å². The third kappa shape index (κ3) is 3.27. The molecule has 1 fully saturated rings. The van der Waals surface area contributed by atoms with Gasteiger partial charge in [-0.05, 0) is 37.1 Å². The number of halogens is 1. The van der Waals surface area contributed by atoms with Gasteiger partial charge in [-0.15, -0.1) is 11.3 Å². The molecule has 0 bridgehead atoms. The second-order valence-corrected chi connectivity index (χ2v) is 6.25. The molecule has 102 valence electrons. The molecule has 2 unspecified atom stereocenters. The molecule has 0 aliphatic heterocycles. The standard InChI is InChI=1S/C14H21ClO2S/c1-2-17-13(10-6-4-3-5-7-10)12(16)14-11(15)8-9-18-14/h8-10,12-13,16H,2-7H2,1H3. The average Bonchev–Trinajstić information content (AvgIpc) is 2.82. The van der Waals surface area contributed by atoms with Crippen LogP contribution in [0.5, 0.6) is 0 Å². The van der Waals surface area contributed by atoms with Crippen LogP contribution in [0.2, 0.25) is 5.02 Å². The fourth-order valence-electron chi connectivity index (χ4n) is 2.81. The van der Waals surface area contributed by atoms with E-state index in [2.05, 4.69) is 0 Å². The summed E-state index contributed by atoms with van der Waals surface area (Å²) in [6.45, 7) is 2.62. The van der Waals surface area contributed by atoms with Gasteiger partial charge in [0.25, 0.3) is 0 Å². The first-order chi connectivity index (χ1) is 8.74. The molecule has 0 aromatic carbocycles. The summed E-state index contributed by atoms with van der Waals surface area (Å²) in [6, 6.07) is 1.84. The van der Waals surface area contributed by atoms with Gasteiger partial charge in [0.2, 0.25) is 0 Å².